The van der Waals surface area contributed by atoms with Crippen LogP contribution in [0, 0.1) is 0 Å². The minimum atomic E-state index is -0.539. The number of anilines is 1. The van der Waals surface area contributed by atoms with Crippen LogP contribution in [0.15, 0.2) is 24.3 Å². The minimum absolute atomic E-state index is 0.195. The smallest absolute Gasteiger partial charge is 0.352 e. The largest absolute Gasteiger partial charge is 0.451 e. The summed E-state index contributed by atoms with van der Waals surface area (Å²) in [6.45, 7) is 4.18. The van der Waals surface area contributed by atoms with E-state index in [0.717, 1.165) is 17.2 Å². The highest BCUT2D eigenvalue weighted by Gasteiger charge is 2.23. The topological polar surface area (TPSA) is 75.6 Å². The summed E-state index contributed by atoms with van der Waals surface area (Å²) in [5.74, 6) is -0.734. The molecule has 7 nitrogen and oxygen atoms in total. The molecule has 1 aliphatic rings. The summed E-state index contributed by atoms with van der Waals surface area (Å²) in [6, 6.07) is 7.66. The maximum absolute atomic E-state index is 12.3. The molecule has 9 heteroatoms. The van der Waals surface area contributed by atoms with Crippen molar-refractivity contribution in [3.8, 4) is 0 Å². The molecule has 2 heterocycles. The van der Waals surface area contributed by atoms with Crippen LogP contribution in [0.3, 0.4) is 0 Å². The number of aromatic nitrogens is 2. The van der Waals surface area contributed by atoms with Crippen LogP contribution in [0.5, 0.6) is 0 Å². The number of amides is 1. The number of esters is 1. The van der Waals surface area contributed by atoms with Gasteiger partial charge in [-0.1, -0.05) is 29.1 Å². The van der Waals surface area contributed by atoms with Crippen LogP contribution < -0.4 is 4.90 Å². The molecule has 1 fully saturated rings. The number of rotatable bonds is 5. The number of halogens is 1. The molecule has 0 spiro atoms. The van der Waals surface area contributed by atoms with Gasteiger partial charge in [0.1, 0.15) is 0 Å². The van der Waals surface area contributed by atoms with Crippen LogP contribution in [0.4, 0.5) is 5.69 Å². The van der Waals surface area contributed by atoms with Gasteiger partial charge in [0.15, 0.2) is 11.5 Å². The Morgan fingerprint density at radius 2 is 2.04 bits per heavy atom. The van der Waals surface area contributed by atoms with Crippen LogP contribution >= 0.6 is 23.1 Å². The highest BCUT2D eigenvalue weighted by atomic mass is 35.5. The fourth-order valence-corrected chi connectivity index (χ4v) is 3.60. The lowest BCUT2D eigenvalue weighted by Crippen LogP contribution is -2.49. The van der Waals surface area contributed by atoms with E-state index in [1.165, 1.54) is 0 Å². The first-order valence-electron chi connectivity index (χ1n) is 8.35. The van der Waals surface area contributed by atoms with E-state index in [4.69, 9.17) is 16.3 Å². The zero-order valence-electron chi connectivity index (χ0n) is 14.4. The third kappa shape index (κ3) is 4.31. The number of piperazine rings is 1. The fraction of sp³-hybridized carbons (Fsp3) is 0.412. The summed E-state index contributed by atoms with van der Waals surface area (Å²) >= 11 is 7.02. The molecule has 1 amide bonds. The van der Waals surface area contributed by atoms with E-state index in [1.54, 1.807) is 4.90 Å². The van der Waals surface area contributed by atoms with Crippen molar-refractivity contribution >= 4 is 40.7 Å². The van der Waals surface area contributed by atoms with Crippen LogP contribution in [-0.4, -0.2) is 59.1 Å². The van der Waals surface area contributed by atoms with Crippen LogP contribution in [0.1, 0.15) is 22.3 Å². The molecule has 138 valence electrons. The van der Waals surface area contributed by atoms with Crippen molar-refractivity contribution in [2.24, 2.45) is 0 Å². The number of benzene rings is 1. The summed E-state index contributed by atoms with van der Waals surface area (Å²) in [5, 5.41) is 4.57. The lowest BCUT2D eigenvalue weighted by atomic mass is 10.2. The van der Waals surface area contributed by atoms with Crippen LogP contribution in [0.25, 0.3) is 0 Å². The Labute approximate surface area is 160 Å². The van der Waals surface area contributed by atoms with E-state index < -0.39 is 5.97 Å². The molecule has 1 aromatic carbocycles. The Bertz CT molecular complexity index is 790. The molecule has 0 bridgehead atoms. The SMILES string of the molecule is CCc1nnsc1C(=O)OCC(=O)N1CCN(c2cccc(Cl)c2)CC1. The normalized spacial score (nSPS) is 14.4. The van der Waals surface area contributed by atoms with Gasteiger partial charge in [-0.05, 0) is 36.2 Å². The second-order valence-corrected chi connectivity index (χ2v) is 7.02. The van der Waals surface area contributed by atoms with Crippen LogP contribution in [-0.2, 0) is 16.0 Å². The van der Waals surface area contributed by atoms with Crippen molar-refractivity contribution in [3.63, 3.8) is 0 Å². The standard InChI is InChI=1S/C17H19ClN4O3S/c1-2-14-16(26-20-19-14)17(24)25-11-15(23)22-8-6-21(7-9-22)13-5-3-4-12(18)10-13/h3-5,10H,2,6-9,11H2,1H3. The van der Waals surface area contributed by atoms with Crippen molar-refractivity contribution in [3.05, 3.63) is 39.9 Å². The highest BCUT2D eigenvalue weighted by molar-refractivity contribution is 7.07. The number of carbonyl (C=O) groups excluding carboxylic acids is 2. The van der Waals surface area contributed by atoms with E-state index in [2.05, 4.69) is 14.5 Å². The first-order chi connectivity index (χ1) is 12.6. The van der Waals surface area contributed by atoms with Gasteiger partial charge in [0.05, 0.1) is 5.69 Å². The quantitative estimate of drug-likeness (QED) is 0.724. The number of nitrogens with zero attached hydrogens (tertiary/aromatic N) is 4. The Hall–Kier alpha value is -2.19. The molecule has 2 aromatic rings. The zero-order valence-corrected chi connectivity index (χ0v) is 15.9. The Morgan fingerprint density at radius 3 is 2.73 bits per heavy atom. The van der Waals surface area contributed by atoms with Gasteiger partial charge >= 0.3 is 5.97 Å². The molecule has 1 saturated heterocycles. The lowest BCUT2D eigenvalue weighted by Gasteiger charge is -2.36. The number of carbonyl (C=O) groups is 2. The molecular weight excluding hydrogens is 376 g/mol. The number of hydrogen-bond donors (Lipinski definition) is 0. The average molecular weight is 395 g/mol. The van der Waals surface area contributed by atoms with E-state index >= 15 is 0 Å². The molecule has 0 saturated carbocycles. The monoisotopic (exact) mass is 394 g/mol. The molecule has 26 heavy (non-hydrogen) atoms. The number of ether oxygens (including phenoxy) is 1. The van der Waals surface area contributed by atoms with E-state index in [9.17, 15) is 9.59 Å². The van der Waals surface area contributed by atoms with E-state index in [1.807, 2.05) is 31.2 Å². The Kier molecular flexibility index (Phi) is 6.05. The second-order valence-electron chi connectivity index (χ2n) is 5.83. The Balaban J connectivity index is 1.49. The fourth-order valence-electron chi connectivity index (χ4n) is 2.77. The summed E-state index contributed by atoms with van der Waals surface area (Å²) in [4.78, 5) is 28.6. The molecular formula is C17H19ClN4O3S. The van der Waals surface area contributed by atoms with Gasteiger partial charge < -0.3 is 14.5 Å². The summed E-state index contributed by atoms with van der Waals surface area (Å²) in [6.07, 6.45) is 0.598. The zero-order chi connectivity index (χ0) is 18.5. The first-order valence-corrected chi connectivity index (χ1v) is 9.50. The predicted molar refractivity (Wildman–Crippen MR) is 99.8 cm³/mol. The van der Waals surface area contributed by atoms with Gasteiger partial charge in [-0.3, -0.25) is 4.79 Å². The summed E-state index contributed by atoms with van der Waals surface area (Å²) in [5.41, 5.74) is 1.64. The van der Waals surface area contributed by atoms with E-state index in [0.29, 0.717) is 48.2 Å². The average Bonchev–Trinajstić information content (AvgIpc) is 3.15. The van der Waals surface area contributed by atoms with E-state index in [-0.39, 0.29) is 12.5 Å². The van der Waals surface area contributed by atoms with Crippen molar-refractivity contribution in [1.82, 2.24) is 14.5 Å². The van der Waals surface area contributed by atoms with Crippen molar-refractivity contribution in [1.29, 1.82) is 0 Å². The van der Waals surface area contributed by atoms with Gasteiger partial charge in [0.25, 0.3) is 5.91 Å². The van der Waals surface area contributed by atoms with Crippen molar-refractivity contribution in [2.75, 3.05) is 37.7 Å². The minimum Gasteiger partial charge on any atom is -0.451 e. The maximum atomic E-state index is 12.3. The number of hydrogen-bond acceptors (Lipinski definition) is 7. The van der Waals surface area contributed by atoms with Crippen LogP contribution in [0.2, 0.25) is 5.02 Å². The maximum Gasteiger partial charge on any atom is 0.352 e. The predicted octanol–water partition coefficient (Wildman–Crippen LogP) is 2.26. The molecule has 0 radical (unpaired) electrons. The molecule has 1 aromatic heterocycles. The van der Waals surface area contributed by atoms with Gasteiger partial charge in [0.2, 0.25) is 0 Å². The summed E-state index contributed by atoms with van der Waals surface area (Å²) in [7, 11) is 0. The molecule has 0 aliphatic carbocycles. The highest BCUT2D eigenvalue weighted by Crippen LogP contribution is 2.21. The van der Waals surface area contributed by atoms with Gasteiger partial charge in [-0.2, -0.15) is 0 Å². The Morgan fingerprint density at radius 1 is 1.27 bits per heavy atom. The van der Waals surface area contributed by atoms with Gasteiger partial charge in [0, 0.05) is 36.9 Å². The van der Waals surface area contributed by atoms with Gasteiger partial charge in [-0.25, -0.2) is 4.79 Å². The third-order valence-electron chi connectivity index (χ3n) is 4.21. The number of aryl methyl sites for hydroxylation is 1. The molecule has 3 rings (SSSR count). The molecule has 0 N–H and O–H groups in total. The summed E-state index contributed by atoms with van der Waals surface area (Å²) < 4.78 is 8.90. The molecule has 0 unspecified atom stereocenters. The molecule has 0 atom stereocenters. The molecule has 1 aliphatic heterocycles. The third-order valence-corrected chi connectivity index (χ3v) is 5.19. The lowest BCUT2D eigenvalue weighted by molar-refractivity contribution is -0.134. The first kappa shape index (κ1) is 18.6. The second kappa shape index (κ2) is 8.46. The van der Waals surface area contributed by atoms with Crippen molar-refractivity contribution < 1.29 is 14.3 Å². The van der Waals surface area contributed by atoms with Crippen molar-refractivity contribution in [2.45, 2.75) is 13.3 Å². The van der Waals surface area contributed by atoms with Gasteiger partial charge in [-0.15, -0.1) is 5.10 Å².